The van der Waals surface area contributed by atoms with Crippen molar-refractivity contribution in [2.75, 3.05) is 21.3 Å². The molecule has 128 valence electrons. The topological polar surface area (TPSA) is 56.8 Å². The fourth-order valence-corrected chi connectivity index (χ4v) is 2.45. The van der Waals surface area contributed by atoms with Crippen molar-refractivity contribution in [1.82, 2.24) is 5.32 Å². The third kappa shape index (κ3) is 3.92. The molecule has 0 aliphatic heterocycles. The highest BCUT2D eigenvalue weighted by Crippen LogP contribution is 2.38. The zero-order chi connectivity index (χ0) is 17.7. The molecular weight excluding hydrogens is 330 g/mol. The summed E-state index contributed by atoms with van der Waals surface area (Å²) in [4.78, 5) is 12.5. The molecule has 0 bridgehead atoms. The molecule has 0 spiro atoms. The molecule has 1 N–H and O–H groups in total. The van der Waals surface area contributed by atoms with Gasteiger partial charge in [0.2, 0.25) is 5.75 Å². The summed E-state index contributed by atoms with van der Waals surface area (Å²) in [7, 11) is 4.54. The van der Waals surface area contributed by atoms with Gasteiger partial charge in [-0.1, -0.05) is 23.7 Å². The second kappa shape index (κ2) is 7.93. The molecule has 6 heteroatoms. The first kappa shape index (κ1) is 17.9. The minimum Gasteiger partial charge on any atom is -0.493 e. The number of nitrogens with one attached hydrogen (secondary N) is 1. The number of ether oxygens (including phenoxy) is 3. The van der Waals surface area contributed by atoms with Gasteiger partial charge in [-0.15, -0.1) is 0 Å². The van der Waals surface area contributed by atoms with Gasteiger partial charge in [-0.2, -0.15) is 0 Å². The molecule has 0 fully saturated rings. The molecule has 0 heterocycles. The fourth-order valence-electron chi connectivity index (χ4n) is 2.33. The molecule has 0 aliphatic rings. The van der Waals surface area contributed by atoms with Crippen molar-refractivity contribution in [2.24, 2.45) is 0 Å². The van der Waals surface area contributed by atoms with E-state index >= 15 is 0 Å². The SMILES string of the molecule is COc1cc(C(=O)N[C@@H](C)c2ccc(Cl)cc2)cc(OC)c1OC. The van der Waals surface area contributed by atoms with Gasteiger partial charge in [-0.3, -0.25) is 4.79 Å². The van der Waals surface area contributed by atoms with Crippen LogP contribution in [-0.4, -0.2) is 27.2 Å². The summed E-state index contributed by atoms with van der Waals surface area (Å²) in [6.45, 7) is 1.90. The van der Waals surface area contributed by atoms with E-state index < -0.39 is 0 Å². The minimum absolute atomic E-state index is 0.172. The first-order valence-corrected chi connectivity index (χ1v) is 7.74. The van der Waals surface area contributed by atoms with E-state index in [1.165, 1.54) is 21.3 Å². The van der Waals surface area contributed by atoms with Crippen molar-refractivity contribution in [1.29, 1.82) is 0 Å². The minimum atomic E-state index is -0.239. The molecule has 0 aromatic heterocycles. The molecule has 0 unspecified atom stereocenters. The highest BCUT2D eigenvalue weighted by Gasteiger charge is 2.18. The van der Waals surface area contributed by atoms with Crippen LogP contribution in [0.5, 0.6) is 17.2 Å². The van der Waals surface area contributed by atoms with E-state index in [9.17, 15) is 4.79 Å². The Kier molecular flexibility index (Phi) is 5.93. The number of rotatable bonds is 6. The largest absolute Gasteiger partial charge is 0.493 e. The fraction of sp³-hybridized carbons (Fsp3) is 0.278. The van der Waals surface area contributed by atoms with Crippen LogP contribution < -0.4 is 19.5 Å². The van der Waals surface area contributed by atoms with Crippen molar-refractivity contribution in [2.45, 2.75) is 13.0 Å². The van der Waals surface area contributed by atoms with Crippen LogP contribution in [0.1, 0.15) is 28.9 Å². The lowest BCUT2D eigenvalue weighted by Gasteiger charge is -2.17. The van der Waals surface area contributed by atoms with Gasteiger partial charge in [-0.05, 0) is 36.8 Å². The normalized spacial score (nSPS) is 11.5. The second-order valence-corrected chi connectivity index (χ2v) is 5.60. The average molecular weight is 350 g/mol. The molecule has 2 rings (SSSR count). The average Bonchev–Trinajstić information content (AvgIpc) is 2.60. The molecule has 1 amide bonds. The third-order valence-corrected chi connectivity index (χ3v) is 3.90. The van der Waals surface area contributed by atoms with Crippen LogP contribution in [0, 0.1) is 0 Å². The zero-order valence-electron chi connectivity index (χ0n) is 14.1. The summed E-state index contributed by atoms with van der Waals surface area (Å²) in [5.74, 6) is 1.07. The van der Waals surface area contributed by atoms with Crippen LogP contribution in [0.15, 0.2) is 36.4 Å². The Bertz CT molecular complexity index is 690. The number of hydrogen-bond donors (Lipinski definition) is 1. The van der Waals surface area contributed by atoms with Crippen LogP contribution in [0.25, 0.3) is 0 Å². The Morgan fingerprint density at radius 3 is 2.00 bits per heavy atom. The van der Waals surface area contributed by atoms with Crippen molar-refractivity contribution in [3.8, 4) is 17.2 Å². The summed E-state index contributed by atoms with van der Waals surface area (Å²) in [5, 5.41) is 3.59. The van der Waals surface area contributed by atoms with E-state index in [2.05, 4.69) is 5.32 Å². The first-order valence-electron chi connectivity index (χ1n) is 7.36. The monoisotopic (exact) mass is 349 g/mol. The van der Waals surface area contributed by atoms with Gasteiger partial charge in [0.05, 0.1) is 27.4 Å². The Hall–Kier alpha value is -2.40. The summed E-state index contributed by atoms with van der Waals surface area (Å²) < 4.78 is 15.8. The van der Waals surface area contributed by atoms with E-state index in [1.54, 1.807) is 24.3 Å². The number of benzene rings is 2. The van der Waals surface area contributed by atoms with Gasteiger partial charge in [0.25, 0.3) is 5.91 Å². The third-order valence-electron chi connectivity index (χ3n) is 3.64. The van der Waals surface area contributed by atoms with Gasteiger partial charge in [0.1, 0.15) is 0 Å². The highest BCUT2D eigenvalue weighted by atomic mass is 35.5. The zero-order valence-corrected chi connectivity index (χ0v) is 14.8. The van der Waals surface area contributed by atoms with Gasteiger partial charge in [0, 0.05) is 10.6 Å². The van der Waals surface area contributed by atoms with Crippen LogP contribution in [0.2, 0.25) is 5.02 Å². The van der Waals surface area contributed by atoms with Crippen molar-refractivity contribution in [3.63, 3.8) is 0 Å². The number of methoxy groups -OCH3 is 3. The summed E-state index contributed by atoms with van der Waals surface area (Å²) in [6.07, 6.45) is 0. The van der Waals surface area contributed by atoms with E-state index in [1.807, 2.05) is 19.1 Å². The van der Waals surface area contributed by atoms with Crippen LogP contribution >= 0.6 is 11.6 Å². The molecule has 24 heavy (non-hydrogen) atoms. The number of carbonyl (C=O) groups is 1. The maximum absolute atomic E-state index is 12.5. The Morgan fingerprint density at radius 2 is 1.54 bits per heavy atom. The van der Waals surface area contributed by atoms with Gasteiger partial charge in [-0.25, -0.2) is 0 Å². The standard InChI is InChI=1S/C18H20ClNO4/c1-11(12-5-7-14(19)8-6-12)20-18(21)13-9-15(22-2)17(24-4)16(10-13)23-3/h5-11H,1-4H3,(H,20,21)/t11-/m0/s1. The predicted molar refractivity (Wildman–Crippen MR) is 93.4 cm³/mol. The maximum Gasteiger partial charge on any atom is 0.252 e. The summed E-state index contributed by atoms with van der Waals surface area (Å²) in [6, 6.07) is 10.4. The summed E-state index contributed by atoms with van der Waals surface area (Å²) in [5.41, 5.74) is 1.38. The lowest BCUT2D eigenvalue weighted by atomic mass is 10.1. The molecule has 2 aromatic rings. The lowest BCUT2D eigenvalue weighted by molar-refractivity contribution is 0.0939. The smallest absolute Gasteiger partial charge is 0.252 e. The molecule has 0 saturated carbocycles. The highest BCUT2D eigenvalue weighted by molar-refractivity contribution is 6.30. The van der Waals surface area contributed by atoms with Gasteiger partial charge < -0.3 is 19.5 Å². The molecular formula is C18H20ClNO4. The van der Waals surface area contributed by atoms with E-state index in [0.717, 1.165) is 5.56 Å². The predicted octanol–water partition coefficient (Wildman–Crippen LogP) is 3.86. The Labute approximate surface area is 146 Å². The van der Waals surface area contributed by atoms with Crippen molar-refractivity contribution < 1.29 is 19.0 Å². The van der Waals surface area contributed by atoms with E-state index in [-0.39, 0.29) is 11.9 Å². The van der Waals surface area contributed by atoms with Crippen molar-refractivity contribution >= 4 is 17.5 Å². The van der Waals surface area contributed by atoms with Gasteiger partial charge in [0.15, 0.2) is 11.5 Å². The number of amides is 1. The van der Waals surface area contributed by atoms with Crippen LogP contribution in [0.3, 0.4) is 0 Å². The number of carbonyl (C=O) groups excluding carboxylic acids is 1. The molecule has 2 aromatic carbocycles. The lowest BCUT2D eigenvalue weighted by Crippen LogP contribution is -2.26. The quantitative estimate of drug-likeness (QED) is 0.860. The van der Waals surface area contributed by atoms with E-state index in [4.69, 9.17) is 25.8 Å². The first-order chi connectivity index (χ1) is 11.5. The maximum atomic E-state index is 12.5. The second-order valence-electron chi connectivity index (χ2n) is 5.16. The van der Waals surface area contributed by atoms with E-state index in [0.29, 0.717) is 27.8 Å². The molecule has 1 atom stereocenters. The van der Waals surface area contributed by atoms with Crippen LogP contribution in [-0.2, 0) is 0 Å². The Balaban J connectivity index is 2.24. The Morgan fingerprint density at radius 1 is 1.00 bits per heavy atom. The number of halogens is 1. The molecule has 0 saturated heterocycles. The molecule has 5 nitrogen and oxygen atoms in total. The summed E-state index contributed by atoms with van der Waals surface area (Å²) >= 11 is 5.89. The van der Waals surface area contributed by atoms with Crippen molar-refractivity contribution in [3.05, 3.63) is 52.5 Å². The van der Waals surface area contributed by atoms with Crippen LogP contribution in [0.4, 0.5) is 0 Å². The molecule has 0 aliphatic carbocycles. The van der Waals surface area contributed by atoms with Gasteiger partial charge >= 0.3 is 0 Å². The number of hydrogen-bond acceptors (Lipinski definition) is 4. The molecule has 0 radical (unpaired) electrons.